The fraction of sp³-hybridized carbons (Fsp3) is 0.357. The summed E-state index contributed by atoms with van der Waals surface area (Å²) < 4.78 is 0. The lowest BCUT2D eigenvalue weighted by Gasteiger charge is -2.18. The Kier molecular flexibility index (Phi) is 13.1. The molecule has 0 saturated heterocycles. The Morgan fingerprint density at radius 2 is 0.920 bits per heavy atom. The van der Waals surface area contributed by atoms with Gasteiger partial charge in [0.15, 0.2) is 5.60 Å². The van der Waals surface area contributed by atoms with Gasteiger partial charge in [0.05, 0.1) is 12.8 Å². The molecule has 0 fully saturated rings. The molecule has 0 heterocycles. The van der Waals surface area contributed by atoms with Gasteiger partial charge in [-0.2, -0.15) is 0 Å². The van der Waals surface area contributed by atoms with Crippen LogP contribution in [0.2, 0.25) is 0 Å². The molecular weight excluding hydrogens is 344 g/mol. The highest BCUT2D eigenvalue weighted by atomic mass is 16.4. The molecule has 0 radical (unpaired) electrons. The first kappa shape index (κ1) is 26.7. The van der Waals surface area contributed by atoms with Crippen molar-refractivity contribution < 1.29 is 54.6 Å². The number of rotatable bonds is 7. The van der Waals surface area contributed by atoms with Gasteiger partial charge in [-0.3, -0.25) is 9.59 Å². The van der Waals surface area contributed by atoms with Crippen LogP contribution in [0.5, 0.6) is 0 Å². The summed E-state index contributed by atoms with van der Waals surface area (Å²) in [5, 5.41) is 49.6. The van der Waals surface area contributed by atoms with Crippen LogP contribution >= 0.6 is 0 Å². The second kappa shape index (κ2) is 12.2. The third kappa shape index (κ3) is 17.0. The largest absolute Gasteiger partial charge is 0.481 e. The lowest BCUT2D eigenvalue weighted by molar-refractivity contribution is -0.170. The maximum Gasteiger partial charge on any atom is 0.336 e. The lowest BCUT2D eigenvalue weighted by atomic mass is 9.96. The Balaban J connectivity index is -0.000000336. The Hall–Kier alpha value is -3.21. The van der Waals surface area contributed by atoms with Gasteiger partial charge in [0.25, 0.3) is 0 Å². The van der Waals surface area contributed by atoms with E-state index in [1.165, 1.54) is 13.8 Å². The Morgan fingerprint density at radius 1 is 0.720 bits per heavy atom. The average Bonchev–Trinajstić information content (AvgIpc) is 2.37. The van der Waals surface area contributed by atoms with Crippen LogP contribution in [0, 0.1) is 0 Å². The number of aliphatic hydroxyl groups is 1. The molecule has 0 atom stereocenters. The van der Waals surface area contributed by atoms with Crippen molar-refractivity contribution in [1.82, 2.24) is 0 Å². The van der Waals surface area contributed by atoms with Gasteiger partial charge >= 0.3 is 29.8 Å². The normalized spacial score (nSPS) is 9.24. The molecule has 11 heteroatoms. The molecule has 11 nitrogen and oxygen atoms in total. The predicted molar refractivity (Wildman–Crippen MR) is 82.0 cm³/mol. The van der Waals surface area contributed by atoms with Crippen LogP contribution in [0.25, 0.3) is 0 Å². The van der Waals surface area contributed by atoms with E-state index in [4.69, 9.17) is 30.6 Å². The molecule has 0 amide bonds. The molecule has 0 bridgehead atoms. The summed E-state index contributed by atoms with van der Waals surface area (Å²) in [4.78, 5) is 49.7. The molecule has 25 heavy (non-hydrogen) atoms. The van der Waals surface area contributed by atoms with E-state index in [0.717, 1.165) is 0 Å². The first-order chi connectivity index (χ1) is 11.1. The maximum atomic E-state index is 10.3. The molecular formula is C14H20O11. The van der Waals surface area contributed by atoms with Crippen molar-refractivity contribution in [3.8, 4) is 0 Å². The number of hydrogen-bond donors (Lipinski definition) is 6. The molecule has 142 valence electrons. The first-order valence-electron chi connectivity index (χ1n) is 6.23. The first-order valence-corrected chi connectivity index (χ1v) is 6.23. The monoisotopic (exact) mass is 364 g/mol. The van der Waals surface area contributed by atoms with Crippen molar-refractivity contribution in [1.29, 1.82) is 0 Å². The van der Waals surface area contributed by atoms with Crippen LogP contribution < -0.4 is 0 Å². The van der Waals surface area contributed by atoms with Gasteiger partial charge in [0, 0.05) is 11.1 Å². The third-order valence-corrected chi connectivity index (χ3v) is 2.02. The second-order valence-electron chi connectivity index (χ2n) is 4.65. The van der Waals surface area contributed by atoms with Crippen LogP contribution in [-0.4, -0.2) is 66.1 Å². The quantitative estimate of drug-likeness (QED) is 0.332. The average molecular weight is 364 g/mol. The van der Waals surface area contributed by atoms with Gasteiger partial charge < -0.3 is 30.6 Å². The van der Waals surface area contributed by atoms with Crippen LogP contribution in [0.3, 0.4) is 0 Å². The standard InChI is InChI=1S/C6H8O7.2C4H6O2/c7-3(8)1-6(13,5(11)12)2-4(9)10;2*1-3(2)4(5)6/h13H,1-2H2,(H,7,8)(H,9,10)(H,11,12);2*1H2,2H3,(H,5,6). The number of aliphatic carboxylic acids is 5. The minimum Gasteiger partial charge on any atom is -0.481 e. The van der Waals surface area contributed by atoms with Gasteiger partial charge in [-0.05, 0) is 13.8 Å². The third-order valence-electron chi connectivity index (χ3n) is 2.02. The molecule has 0 aliphatic rings. The molecule has 0 rings (SSSR count). The van der Waals surface area contributed by atoms with Gasteiger partial charge in [-0.25, -0.2) is 14.4 Å². The molecule has 0 unspecified atom stereocenters. The highest BCUT2D eigenvalue weighted by Gasteiger charge is 2.40. The minimum atomic E-state index is -2.74. The lowest BCUT2D eigenvalue weighted by Crippen LogP contribution is -2.42. The van der Waals surface area contributed by atoms with E-state index in [1.54, 1.807) is 0 Å². The van der Waals surface area contributed by atoms with Crippen molar-refractivity contribution in [2.45, 2.75) is 32.3 Å². The van der Waals surface area contributed by atoms with Gasteiger partial charge in [-0.15, -0.1) is 0 Å². The Bertz CT molecular complexity index is 495. The zero-order chi connectivity index (χ0) is 21.0. The van der Waals surface area contributed by atoms with Crippen molar-refractivity contribution in [2.75, 3.05) is 0 Å². The van der Waals surface area contributed by atoms with E-state index < -0.39 is 48.3 Å². The van der Waals surface area contributed by atoms with Crippen LogP contribution in [-0.2, 0) is 24.0 Å². The van der Waals surface area contributed by atoms with E-state index in [-0.39, 0.29) is 11.1 Å². The van der Waals surface area contributed by atoms with E-state index in [0.29, 0.717) is 0 Å². The zero-order valence-corrected chi connectivity index (χ0v) is 13.6. The molecule has 0 saturated carbocycles. The van der Waals surface area contributed by atoms with E-state index in [9.17, 15) is 24.0 Å². The van der Waals surface area contributed by atoms with Gasteiger partial charge in [0.1, 0.15) is 0 Å². The topological polar surface area (TPSA) is 207 Å². The van der Waals surface area contributed by atoms with E-state index >= 15 is 0 Å². The molecule has 0 aromatic heterocycles. The van der Waals surface area contributed by atoms with Crippen LogP contribution in [0.1, 0.15) is 26.7 Å². The van der Waals surface area contributed by atoms with Crippen LogP contribution in [0.15, 0.2) is 24.3 Å². The summed E-state index contributed by atoms with van der Waals surface area (Å²) in [7, 11) is 0. The van der Waals surface area contributed by atoms with Crippen molar-refractivity contribution >= 4 is 29.8 Å². The summed E-state index contributed by atoms with van der Waals surface area (Å²) in [6.07, 6.45) is -2.29. The molecule has 0 aliphatic carbocycles. The van der Waals surface area contributed by atoms with Gasteiger partial charge in [-0.1, -0.05) is 13.2 Å². The fourth-order valence-electron chi connectivity index (χ4n) is 0.714. The van der Waals surface area contributed by atoms with E-state index in [2.05, 4.69) is 13.2 Å². The van der Waals surface area contributed by atoms with Crippen molar-refractivity contribution in [2.24, 2.45) is 0 Å². The fourth-order valence-corrected chi connectivity index (χ4v) is 0.714. The number of hydrogen-bond acceptors (Lipinski definition) is 6. The summed E-state index contributed by atoms with van der Waals surface area (Å²) in [5.41, 5.74) is -2.39. The highest BCUT2D eigenvalue weighted by molar-refractivity contribution is 5.88. The highest BCUT2D eigenvalue weighted by Crippen LogP contribution is 2.15. The summed E-state index contributed by atoms with van der Waals surface area (Å²) in [5.74, 6) is -6.89. The second-order valence-corrected chi connectivity index (χ2v) is 4.65. The minimum absolute atomic E-state index is 0.176. The molecule has 0 aromatic carbocycles. The SMILES string of the molecule is C=C(C)C(=O)O.C=C(C)C(=O)O.O=C(O)CC(O)(CC(=O)O)C(=O)O. The Labute approximate surface area is 142 Å². The van der Waals surface area contributed by atoms with E-state index in [1.807, 2.05) is 0 Å². The smallest absolute Gasteiger partial charge is 0.336 e. The molecule has 0 aliphatic heterocycles. The maximum absolute atomic E-state index is 10.3. The molecule has 0 aromatic rings. The van der Waals surface area contributed by atoms with Crippen LogP contribution in [0.4, 0.5) is 0 Å². The summed E-state index contributed by atoms with van der Waals surface area (Å²) in [6.45, 7) is 9.20. The molecule has 0 spiro atoms. The number of carboxylic acid groups (broad SMARTS) is 5. The number of carboxylic acids is 5. The summed E-state index contributed by atoms with van der Waals surface area (Å²) >= 11 is 0. The van der Waals surface area contributed by atoms with Gasteiger partial charge in [0.2, 0.25) is 0 Å². The van der Waals surface area contributed by atoms with Crippen molar-refractivity contribution in [3.63, 3.8) is 0 Å². The number of carbonyl (C=O) groups is 5. The molecule has 6 N–H and O–H groups in total. The summed E-state index contributed by atoms with van der Waals surface area (Å²) in [6, 6.07) is 0. The van der Waals surface area contributed by atoms with Crippen molar-refractivity contribution in [3.05, 3.63) is 24.3 Å². The Morgan fingerprint density at radius 3 is 1.00 bits per heavy atom. The predicted octanol–water partition coefficient (Wildman–Crippen LogP) is 0.0457. The zero-order valence-electron chi connectivity index (χ0n) is 13.6.